The Morgan fingerprint density at radius 3 is 2.41 bits per heavy atom. The van der Waals surface area contributed by atoms with Crippen LogP contribution < -0.4 is 24.4 Å². The molecule has 2 heterocycles. The van der Waals surface area contributed by atoms with Crippen LogP contribution >= 0.6 is 0 Å². The molecule has 0 amide bonds. The normalized spacial score (nSPS) is 14.3. The van der Waals surface area contributed by atoms with E-state index in [1.165, 1.54) is 6.26 Å². The van der Waals surface area contributed by atoms with Crippen molar-refractivity contribution in [2.24, 2.45) is 0 Å². The van der Waals surface area contributed by atoms with E-state index in [2.05, 4.69) is 0 Å². The van der Waals surface area contributed by atoms with Gasteiger partial charge in [-0.1, -0.05) is 48.5 Å². The predicted octanol–water partition coefficient (Wildman–Crippen LogP) is 6.54. The summed E-state index contributed by atoms with van der Waals surface area (Å²) in [6.45, 7) is 0.426. The van der Waals surface area contributed by atoms with Crippen molar-refractivity contribution in [1.29, 1.82) is 0 Å². The highest BCUT2D eigenvalue weighted by molar-refractivity contribution is 5.90. The first kappa shape index (κ1) is 26.2. The maximum absolute atomic E-state index is 13.5. The topological polar surface area (TPSA) is 84.2 Å². The van der Waals surface area contributed by atoms with Crippen LogP contribution in [0.25, 0.3) is 22.1 Å². The molecule has 7 nitrogen and oxygen atoms in total. The summed E-state index contributed by atoms with van der Waals surface area (Å²) in [5.74, 6) is 1.56. The van der Waals surface area contributed by atoms with Gasteiger partial charge in [-0.25, -0.2) is 0 Å². The molecule has 5 aromatic rings. The fourth-order valence-corrected chi connectivity index (χ4v) is 5.25. The van der Waals surface area contributed by atoms with Crippen LogP contribution in [0.15, 0.2) is 100 Å². The van der Waals surface area contributed by atoms with Crippen molar-refractivity contribution in [2.75, 3.05) is 20.8 Å². The average Bonchev–Trinajstić information content (AvgIpc) is 3.01. The molecule has 1 aliphatic heterocycles. The number of ether oxygens (including phenoxy) is 4. The molecule has 0 saturated carbocycles. The Morgan fingerprint density at radius 1 is 0.854 bits per heavy atom. The van der Waals surface area contributed by atoms with Gasteiger partial charge in [-0.3, -0.25) is 9.59 Å². The molecule has 0 bridgehead atoms. The monoisotopic (exact) mass is 548 g/mol. The molecule has 7 heteroatoms. The lowest BCUT2D eigenvalue weighted by Gasteiger charge is -2.26. The number of carbonyl (C=O) groups is 1. The van der Waals surface area contributed by atoms with E-state index in [1.807, 2.05) is 72.8 Å². The van der Waals surface area contributed by atoms with Crippen molar-refractivity contribution in [3.63, 3.8) is 0 Å². The second-order valence-electron chi connectivity index (χ2n) is 9.79. The SMILES string of the molecule is COc1ccc(CCOc2cc(C3CC(=O)Oc4ccc5c(=O)c(-c6ccccc6)coc5c43)ccc2OC)cc1. The minimum atomic E-state index is -0.407. The number of hydrogen-bond donors (Lipinski definition) is 0. The Hall–Kier alpha value is -5.04. The molecular weight excluding hydrogens is 520 g/mol. The molecule has 1 aromatic heterocycles. The molecule has 1 aliphatic rings. The first-order chi connectivity index (χ1) is 20.1. The van der Waals surface area contributed by atoms with Gasteiger partial charge in [0.1, 0.15) is 23.3 Å². The van der Waals surface area contributed by atoms with Crippen molar-refractivity contribution in [3.05, 3.63) is 118 Å². The highest BCUT2D eigenvalue weighted by Crippen LogP contribution is 2.44. The van der Waals surface area contributed by atoms with Gasteiger partial charge in [0.05, 0.1) is 38.2 Å². The summed E-state index contributed by atoms with van der Waals surface area (Å²) in [5.41, 5.74) is 4.10. The molecule has 1 atom stereocenters. The van der Waals surface area contributed by atoms with E-state index in [0.717, 1.165) is 22.4 Å². The first-order valence-electron chi connectivity index (χ1n) is 13.3. The number of methoxy groups -OCH3 is 2. The van der Waals surface area contributed by atoms with Gasteiger partial charge in [-0.15, -0.1) is 0 Å². The Kier molecular flexibility index (Phi) is 7.17. The van der Waals surface area contributed by atoms with E-state index in [4.69, 9.17) is 23.4 Å². The second kappa shape index (κ2) is 11.2. The minimum Gasteiger partial charge on any atom is -0.497 e. The number of rotatable bonds is 8. The maximum atomic E-state index is 13.5. The van der Waals surface area contributed by atoms with Crippen LogP contribution in [-0.4, -0.2) is 26.8 Å². The first-order valence-corrected chi connectivity index (χ1v) is 13.3. The predicted molar refractivity (Wildman–Crippen MR) is 155 cm³/mol. The highest BCUT2D eigenvalue weighted by Gasteiger charge is 2.32. The quantitative estimate of drug-likeness (QED) is 0.161. The third-order valence-corrected chi connectivity index (χ3v) is 7.37. The Bertz CT molecular complexity index is 1770. The van der Waals surface area contributed by atoms with Gasteiger partial charge in [0.2, 0.25) is 5.43 Å². The third kappa shape index (κ3) is 5.14. The van der Waals surface area contributed by atoms with Crippen molar-refractivity contribution >= 4 is 16.9 Å². The van der Waals surface area contributed by atoms with Crippen LogP contribution in [0.5, 0.6) is 23.0 Å². The Balaban J connectivity index is 1.35. The van der Waals surface area contributed by atoms with Gasteiger partial charge in [-0.2, -0.15) is 0 Å². The summed E-state index contributed by atoms with van der Waals surface area (Å²) in [6.07, 6.45) is 2.26. The molecule has 0 N–H and O–H groups in total. The van der Waals surface area contributed by atoms with E-state index >= 15 is 0 Å². The van der Waals surface area contributed by atoms with Gasteiger partial charge in [0.25, 0.3) is 0 Å². The maximum Gasteiger partial charge on any atom is 0.312 e. The van der Waals surface area contributed by atoms with Gasteiger partial charge in [0.15, 0.2) is 11.5 Å². The van der Waals surface area contributed by atoms with Gasteiger partial charge in [-0.05, 0) is 53.1 Å². The standard InChI is InChI=1S/C34H28O7/c1-37-24-11-8-21(9-12-24)16-17-39-30-18-23(10-14-28(30)38-2)26-19-31(35)41-29-15-13-25-33(36)27(20-40-34(25)32(26)29)22-6-4-3-5-7-22/h3-15,18,20,26H,16-17,19H2,1-2H3. The molecule has 206 valence electrons. The number of fused-ring (bicyclic) bond motifs is 3. The smallest absolute Gasteiger partial charge is 0.312 e. The van der Waals surface area contributed by atoms with Crippen molar-refractivity contribution in [1.82, 2.24) is 0 Å². The second-order valence-corrected chi connectivity index (χ2v) is 9.79. The number of esters is 1. The molecule has 4 aromatic carbocycles. The zero-order valence-electron chi connectivity index (χ0n) is 22.7. The molecule has 6 rings (SSSR count). The van der Waals surface area contributed by atoms with Crippen LogP contribution in [0, 0.1) is 0 Å². The lowest BCUT2D eigenvalue weighted by atomic mass is 9.85. The number of carbonyl (C=O) groups excluding carboxylic acids is 1. The van der Waals surface area contributed by atoms with Crippen molar-refractivity contribution < 1.29 is 28.2 Å². The van der Waals surface area contributed by atoms with E-state index in [-0.39, 0.29) is 17.8 Å². The zero-order chi connectivity index (χ0) is 28.3. The zero-order valence-corrected chi connectivity index (χ0v) is 22.7. The van der Waals surface area contributed by atoms with E-state index in [0.29, 0.717) is 52.4 Å². The van der Waals surface area contributed by atoms with Crippen LogP contribution in [0.2, 0.25) is 0 Å². The van der Waals surface area contributed by atoms with Crippen LogP contribution in [0.3, 0.4) is 0 Å². The summed E-state index contributed by atoms with van der Waals surface area (Å²) in [4.78, 5) is 26.2. The summed E-state index contributed by atoms with van der Waals surface area (Å²) >= 11 is 0. The molecular formula is C34H28O7. The minimum absolute atomic E-state index is 0.0911. The summed E-state index contributed by atoms with van der Waals surface area (Å²) in [5, 5.41) is 0.428. The molecule has 0 spiro atoms. The lowest BCUT2D eigenvalue weighted by molar-refractivity contribution is -0.135. The van der Waals surface area contributed by atoms with Crippen LogP contribution in [0.1, 0.15) is 29.0 Å². The summed E-state index contributed by atoms with van der Waals surface area (Å²) in [6, 6.07) is 26.2. The average molecular weight is 549 g/mol. The number of hydrogen-bond acceptors (Lipinski definition) is 7. The molecule has 41 heavy (non-hydrogen) atoms. The fourth-order valence-electron chi connectivity index (χ4n) is 5.25. The van der Waals surface area contributed by atoms with E-state index in [1.54, 1.807) is 26.4 Å². The molecule has 0 radical (unpaired) electrons. The van der Waals surface area contributed by atoms with Gasteiger partial charge in [0, 0.05) is 17.9 Å². The molecule has 1 unspecified atom stereocenters. The van der Waals surface area contributed by atoms with Gasteiger partial charge >= 0.3 is 5.97 Å². The van der Waals surface area contributed by atoms with E-state index < -0.39 is 5.92 Å². The Morgan fingerprint density at radius 2 is 1.66 bits per heavy atom. The van der Waals surface area contributed by atoms with Crippen LogP contribution in [-0.2, 0) is 11.2 Å². The largest absolute Gasteiger partial charge is 0.497 e. The lowest BCUT2D eigenvalue weighted by Crippen LogP contribution is -2.22. The third-order valence-electron chi connectivity index (χ3n) is 7.37. The summed E-state index contributed by atoms with van der Waals surface area (Å²) < 4.78 is 28.6. The molecule has 0 saturated heterocycles. The summed E-state index contributed by atoms with van der Waals surface area (Å²) in [7, 11) is 3.23. The van der Waals surface area contributed by atoms with E-state index in [9.17, 15) is 9.59 Å². The van der Waals surface area contributed by atoms with Gasteiger partial charge < -0.3 is 23.4 Å². The highest BCUT2D eigenvalue weighted by atomic mass is 16.5. The fraction of sp³-hybridized carbons (Fsp3) is 0.176. The molecule has 0 aliphatic carbocycles. The van der Waals surface area contributed by atoms with Crippen LogP contribution in [0.4, 0.5) is 0 Å². The van der Waals surface area contributed by atoms with Crippen molar-refractivity contribution in [2.45, 2.75) is 18.8 Å². The molecule has 0 fully saturated rings. The number of benzene rings is 4. The van der Waals surface area contributed by atoms with Crippen molar-refractivity contribution in [3.8, 4) is 34.1 Å². The Labute approximate surface area is 236 Å².